The highest BCUT2D eigenvalue weighted by Gasteiger charge is 2.06. The summed E-state index contributed by atoms with van der Waals surface area (Å²) in [6, 6.07) is 0. The molecule has 0 aliphatic carbocycles. The molecule has 0 fully saturated rings. The summed E-state index contributed by atoms with van der Waals surface area (Å²) in [4.78, 5) is 0. The van der Waals surface area contributed by atoms with Crippen molar-refractivity contribution in [1.29, 1.82) is 0 Å². The van der Waals surface area contributed by atoms with Crippen LogP contribution >= 0.6 is 0 Å². The molecule has 60 valence electrons. The third kappa shape index (κ3) is 4.04. The van der Waals surface area contributed by atoms with Crippen LogP contribution in [0.15, 0.2) is 17.4 Å². The highest BCUT2D eigenvalue weighted by Crippen LogP contribution is 2.07. The Bertz CT molecular complexity index is 159. The monoisotopic (exact) mass is 152 g/mol. The van der Waals surface area contributed by atoms with Gasteiger partial charge < -0.3 is 10.2 Å². The smallest absolute Gasteiger partial charge is 0.0838 e. The molecule has 2 N–H and O–H groups in total. The molecule has 0 aliphatic heterocycles. The average molecular weight is 152 g/mol. The zero-order valence-corrected chi connectivity index (χ0v) is 6.75. The van der Waals surface area contributed by atoms with Crippen molar-refractivity contribution in [2.45, 2.75) is 25.8 Å². The average Bonchev–Trinajstić information content (AvgIpc) is 2.00. The first-order chi connectivity index (χ1) is 5.26. The minimum Gasteiger partial charge on any atom is -0.396 e. The topological polar surface area (TPSA) is 40.5 Å². The van der Waals surface area contributed by atoms with E-state index in [1.807, 2.05) is 0 Å². The first kappa shape index (κ1) is 10.5. The first-order valence-electron chi connectivity index (χ1n) is 3.65. The van der Waals surface area contributed by atoms with Gasteiger partial charge in [0, 0.05) is 13.0 Å². The SMILES string of the molecule is [B]CC(=C=CC)[C@H](O)CCO. The molecule has 0 aromatic rings. The lowest BCUT2D eigenvalue weighted by Gasteiger charge is -2.08. The van der Waals surface area contributed by atoms with E-state index in [1.54, 1.807) is 13.0 Å². The van der Waals surface area contributed by atoms with E-state index in [2.05, 4.69) is 5.73 Å². The van der Waals surface area contributed by atoms with Gasteiger partial charge in [-0.05, 0) is 18.6 Å². The van der Waals surface area contributed by atoms with Crippen LogP contribution in [0.4, 0.5) is 0 Å². The van der Waals surface area contributed by atoms with Crippen molar-refractivity contribution in [1.82, 2.24) is 0 Å². The van der Waals surface area contributed by atoms with Crippen molar-refractivity contribution in [3.05, 3.63) is 17.4 Å². The third-order valence-corrected chi connectivity index (χ3v) is 1.35. The molecule has 0 aliphatic rings. The molecule has 0 aromatic heterocycles. The zero-order chi connectivity index (χ0) is 8.69. The lowest BCUT2D eigenvalue weighted by atomic mass is 9.92. The van der Waals surface area contributed by atoms with E-state index in [0.29, 0.717) is 12.0 Å². The third-order valence-electron chi connectivity index (χ3n) is 1.35. The fraction of sp³-hybridized carbons (Fsp3) is 0.625. The van der Waals surface area contributed by atoms with Gasteiger partial charge in [0.25, 0.3) is 0 Å². The predicted octanol–water partition coefficient (Wildman–Crippen LogP) is 0.418. The van der Waals surface area contributed by atoms with Gasteiger partial charge in [-0.2, -0.15) is 0 Å². The lowest BCUT2D eigenvalue weighted by Crippen LogP contribution is -2.11. The number of hydrogen-bond donors (Lipinski definition) is 2. The standard InChI is InChI=1S/C8H13BO2/c1-2-3-7(6-9)8(11)4-5-10/h2,8,10-11H,4-6H2,1H3/t3?,8-/m1/s1. The number of aliphatic hydroxyl groups excluding tert-OH is 2. The summed E-state index contributed by atoms with van der Waals surface area (Å²) in [5, 5.41) is 17.8. The molecule has 0 rings (SSSR count). The molecule has 2 nitrogen and oxygen atoms in total. The molecule has 0 aromatic carbocycles. The van der Waals surface area contributed by atoms with Crippen LogP contribution in [0.1, 0.15) is 13.3 Å². The molecule has 0 bridgehead atoms. The highest BCUT2D eigenvalue weighted by atomic mass is 16.3. The van der Waals surface area contributed by atoms with Crippen molar-refractivity contribution in [3.63, 3.8) is 0 Å². The van der Waals surface area contributed by atoms with Crippen LogP contribution in [0.2, 0.25) is 6.32 Å². The molecule has 0 unspecified atom stereocenters. The Balaban J connectivity index is 4.14. The van der Waals surface area contributed by atoms with Gasteiger partial charge in [0.05, 0.1) is 14.0 Å². The van der Waals surface area contributed by atoms with Crippen LogP contribution in [0, 0.1) is 0 Å². The van der Waals surface area contributed by atoms with Crippen molar-refractivity contribution >= 4 is 7.85 Å². The molecule has 0 spiro atoms. The Kier molecular flexibility index (Phi) is 5.95. The van der Waals surface area contributed by atoms with E-state index >= 15 is 0 Å². The Labute approximate surface area is 68.7 Å². The molecule has 0 saturated heterocycles. The Morgan fingerprint density at radius 3 is 2.73 bits per heavy atom. The fourth-order valence-corrected chi connectivity index (χ4v) is 0.773. The summed E-state index contributed by atoms with van der Waals surface area (Å²) >= 11 is 0. The van der Waals surface area contributed by atoms with E-state index in [0.717, 1.165) is 0 Å². The van der Waals surface area contributed by atoms with Gasteiger partial charge in [0.15, 0.2) is 0 Å². The Morgan fingerprint density at radius 2 is 2.36 bits per heavy atom. The van der Waals surface area contributed by atoms with Gasteiger partial charge >= 0.3 is 0 Å². The second-order valence-corrected chi connectivity index (χ2v) is 2.19. The fourth-order valence-electron chi connectivity index (χ4n) is 0.773. The van der Waals surface area contributed by atoms with E-state index in [4.69, 9.17) is 13.0 Å². The number of rotatable bonds is 4. The number of aliphatic hydroxyl groups is 2. The first-order valence-corrected chi connectivity index (χ1v) is 3.65. The predicted molar refractivity (Wildman–Crippen MR) is 45.5 cm³/mol. The van der Waals surface area contributed by atoms with Crippen LogP contribution in [-0.4, -0.2) is 30.8 Å². The maximum absolute atomic E-state index is 9.28. The Hall–Kier alpha value is -0.495. The molecule has 3 heteroatoms. The highest BCUT2D eigenvalue weighted by molar-refractivity contribution is 6.10. The van der Waals surface area contributed by atoms with Gasteiger partial charge in [0.1, 0.15) is 0 Å². The van der Waals surface area contributed by atoms with Crippen LogP contribution in [0.25, 0.3) is 0 Å². The van der Waals surface area contributed by atoms with Gasteiger partial charge in [-0.1, -0.05) is 6.32 Å². The van der Waals surface area contributed by atoms with Crippen LogP contribution < -0.4 is 0 Å². The zero-order valence-electron chi connectivity index (χ0n) is 6.75. The van der Waals surface area contributed by atoms with E-state index in [-0.39, 0.29) is 12.9 Å². The van der Waals surface area contributed by atoms with Crippen LogP contribution in [0.5, 0.6) is 0 Å². The molecule has 2 radical (unpaired) electrons. The van der Waals surface area contributed by atoms with E-state index in [1.165, 1.54) is 0 Å². The summed E-state index contributed by atoms with van der Waals surface area (Å²) < 4.78 is 0. The molecule has 11 heavy (non-hydrogen) atoms. The summed E-state index contributed by atoms with van der Waals surface area (Å²) in [5.41, 5.74) is 3.46. The minimum absolute atomic E-state index is 0.0317. The molecule has 0 amide bonds. The van der Waals surface area contributed by atoms with Crippen molar-refractivity contribution in [2.24, 2.45) is 0 Å². The maximum atomic E-state index is 9.28. The van der Waals surface area contributed by atoms with E-state index < -0.39 is 6.10 Å². The van der Waals surface area contributed by atoms with Gasteiger partial charge in [-0.3, -0.25) is 0 Å². The normalized spacial score (nSPS) is 11.9. The summed E-state index contributed by atoms with van der Waals surface area (Å²) in [5.74, 6) is 0. The Morgan fingerprint density at radius 1 is 1.73 bits per heavy atom. The molecule has 0 heterocycles. The quantitative estimate of drug-likeness (QED) is 0.452. The van der Waals surface area contributed by atoms with E-state index in [9.17, 15) is 5.11 Å². The van der Waals surface area contributed by atoms with Crippen molar-refractivity contribution < 1.29 is 10.2 Å². The molecule has 1 atom stereocenters. The van der Waals surface area contributed by atoms with Crippen molar-refractivity contribution in [3.8, 4) is 0 Å². The maximum Gasteiger partial charge on any atom is 0.0838 e. The molecule has 0 saturated carbocycles. The van der Waals surface area contributed by atoms with Gasteiger partial charge in [0.2, 0.25) is 0 Å². The van der Waals surface area contributed by atoms with Gasteiger partial charge in [-0.15, -0.1) is 5.73 Å². The molecular formula is C8H13BO2. The summed E-state index contributed by atoms with van der Waals surface area (Å²) in [6.45, 7) is 1.78. The second-order valence-electron chi connectivity index (χ2n) is 2.19. The lowest BCUT2D eigenvalue weighted by molar-refractivity contribution is 0.161. The summed E-state index contributed by atoms with van der Waals surface area (Å²) in [7, 11) is 5.33. The van der Waals surface area contributed by atoms with Gasteiger partial charge in [-0.25, -0.2) is 0 Å². The minimum atomic E-state index is -0.652. The molecular weight excluding hydrogens is 139 g/mol. The summed E-state index contributed by atoms with van der Waals surface area (Å²) in [6.07, 6.45) is 1.66. The van der Waals surface area contributed by atoms with Crippen LogP contribution in [-0.2, 0) is 0 Å². The number of hydrogen-bond acceptors (Lipinski definition) is 2. The van der Waals surface area contributed by atoms with Crippen molar-refractivity contribution in [2.75, 3.05) is 6.61 Å². The largest absolute Gasteiger partial charge is 0.396 e. The second kappa shape index (κ2) is 6.23. The van der Waals surface area contributed by atoms with Crippen LogP contribution in [0.3, 0.4) is 0 Å².